The monoisotopic (exact) mass is 369 g/mol. The van der Waals surface area contributed by atoms with Gasteiger partial charge in [0.25, 0.3) is 0 Å². The maximum atomic E-state index is 13.2. The van der Waals surface area contributed by atoms with Crippen LogP contribution in [0.3, 0.4) is 0 Å². The van der Waals surface area contributed by atoms with Crippen LogP contribution in [0.2, 0.25) is 5.02 Å². The van der Waals surface area contributed by atoms with E-state index < -0.39 is 0 Å². The molecular formula is C17H18BrClFN. The molecule has 0 saturated heterocycles. The highest BCUT2D eigenvalue weighted by atomic mass is 79.9. The molecule has 0 fully saturated rings. The summed E-state index contributed by atoms with van der Waals surface area (Å²) in [6.45, 7) is 4.20. The number of anilines is 1. The van der Waals surface area contributed by atoms with Gasteiger partial charge in [-0.15, -0.1) is 0 Å². The van der Waals surface area contributed by atoms with Crippen LogP contribution in [0.4, 0.5) is 10.1 Å². The molecule has 0 heterocycles. The van der Waals surface area contributed by atoms with Crippen LogP contribution < -0.4 is 5.32 Å². The van der Waals surface area contributed by atoms with E-state index in [1.165, 1.54) is 23.3 Å². The zero-order chi connectivity index (χ0) is 15.4. The maximum absolute atomic E-state index is 13.2. The average molecular weight is 371 g/mol. The molecule has 0 aliphatic carbocycles. The van der Waals surface area contributed by atoms with E-state index in [0.717, 1.165) is 18.5 Å². The van der Waals surface area contributed by atoms with Crippen LogP contribution in [0.25, 0.3) is 0 Å². The highest BCUT2D eigenvalue weighted by Gasteiger charge is 2.11. The van der Waals surface area contributed by atoms with Gasteiger partial charge in [-0.2, -0.15) is 0 Å². The Labute approximate surface area is 138 Å². The summed E-state index contributed by atoms with van der Waals surface area (Å²) in [6, 6.07) is 11.5. The van der Waals surface area contributed by atoms with E-state index in [0.29, 0.717) is 9.50 Å². The quantitative estimate of drug-likeness (QED) is 0.682. The zero-order valence-corrected chi connectivity index (χ0v) is 14.4. The van der Waals surface area contributed by atoms with Gasteiger partial charge in [-0.3, -0.25) is 0 Å². The highest BCUT2D eigenvalue weighted by Crippen LogP contribution is 2.32. The molecule has 0 aliphatic rings. The second kappa shape index (κ2) is 7.28. The van der Waals surface area contributed by atoms with Crippen LogP contribution in [0.15, 0.2) is 40.9 Å². The summed E-state index contributed by atoms with van der Waals surface area (Å²) >= 11 is 9.43. The standard InChI is InChI=1S/C17H18BrClFN/c1-11-4-3-5-13(8-11)7-6-12(2)21-17-15(18)9-14(20)10-16(17)19/h3-5,8-10,12,21H,6-7H2,1-2H3. The zero-order valence-electron chi connectivity index (χ0n) is 12.1. The number of rotatable bonds is 5. The Hall–Kier alpha value is -1.06. The lowest BCUT2D eigenvalue weighted by molar-refractivity contribution is 0.626. The third-order valence-electron chi connectivity index (χ3n) is 3.35. The molecule has 112 valence electrons. The number of benzene rings is 2. The summed E-state index contributed by atoms with van der Waals surface area (Å²) in [5.41, 5.74) is 3.35. The maximum Gasteiger partial charge on any atom is 0.125 e. The molecule has 0 amide bonds. The normalized spacial score (nSPS) is 12.2. The number of hydrogen-bond acceptors (Lipinski definition) is 1. The SMILES string of the molecule is Cc1cccc(CCC(C)Nc2c(Cl)cc(F)cc2Br)c1. The van der Waals surface area contributed by atoms with Crippen LogP contribution in [0.5, 0.6) is 0 Å². The van der Waals surface area contributed by atoms with Crippen molar-refractivity contribution in [2.24, 2.45) is 0 Å². The first kappa shape index (κ1) is 16.3. The van der Waals surface area contributed by atoms with Crippen LogP contribution in [-0.2, 0) is 6.42 Å². The molecular weight excluding hydrogens is 353 g/mol. The van der Waals surface area contributed by atoms with Crippen molar-refractivity contribution in [1.82, 2.24) is 0 Å². The minimum atomic E-state index is -0.343. The summed E-state index contributed by atoms with van der Waals surface area (Å²) in [5, 5.41) is 3.74. The van der Waals surface area contributed by atoms with Crippen molar-refractivity contribution >= 4 is 33.2 Å². The molecule has 1 N–H and O–H groups in total. The fourth-order valence-electron chi connectivity index (χ4n) is 2.25. The third-order valence-corrected chi connectivity index (χ3v) is 4.27. The summed E-state index contributed by atoms with van der Waals surface area (Å²) < 4.78 is 13.9. The van der Waals surface area contributed by atoms with E-state index in [1.54, 1.807) is 0 Å². The Morgan fingerprint density at radius 3 is 2.71 bits per heavy atom. The smallest absolute Gasteiger partial charge is 0.125 e. The van der Waals surface area contributed by atoms with Gasteiger partial charge in [0.1, 0.15) is 5.82 Å². The van der Waals surface area contributed by atoms with E-state index in [2.05, 4.69) is 59.4 Å². The van der Waals surface area contributed by atoms with Gasteiger partial charge in [-0.25, -0.2) is 4.39 Å². The Bertz CT molecular complexity index is 607. The van der Waals surface area contributed by atoms with Crippen molar-refractivity contribution in [3.63, 3.8) is 0 Å². The molecule has 0 radical (unpaired) electrons. The second-order valence-corrected chi connectivity index (χ2v) is 6.58. The van der Waals surface area contributed by atoms with Gasteiger partial charge in [-0.05, 0) is 60.3 Å². The van der Waals surface area contributed by atoms with Crippen LogP contribution >= 0.6 is 27.5 Å². The number of hydrogen-bond donors (Lipinski definition) is 1. The Balaban J connectivity index is 1.97. The van der Waals surface area contributed by atoms with Gasteiger partial charge < -0.3 is 5.32 Å². The second-order valence-electron chi connectivity index (χ2n) is 5.32. The van der Waals surface area contributed by atoms with Gasteiger partial charge in [0.15, 0.2) is 0 Å². The molecule has 0 aliphatic heterocycles. The first-order valence-electron chi connectivity index (χ1n) is 6.92. The van der Waals surface area contributed by atoms with E-state index >= 15 is 0 Å². The molecule has 2 rings (SSSR count). The Kier molecular flexibility index (Phi) is 5.65. The summed E-state index contributed by atoms with van der Waals surface area (Å²) in [5.74, 6) is -0.343. The molecule has 1 atom stereocenters. The van der Waals surface area contributed by atoms with Crippen LogP contribution in [0.1, 0.15) is 24.5 Å². The molecule has 1 nitrogen and oxygen atoms in total. The molecule has 2 aromatic rings. The minimum absolute atomic E-state index is 0.241. The summed E-state index contributed by atoms with van der Waals surface area (Å²) in [7, 11) is 0. The van der Waals surface area contributed by atoms with Crippen molar-refractivity contribution in [2.45, 2.75) is 32.7 Å². The van der Waals surface area contributed by atoms with Crippen LogP contribution in [0, 0.1) is 12.7 Å². The van der Waals surface area contributed by atoms with Crippen molar-refractivity contribution in [1.29, 1.82) is 0 Å². The van der Waals surface area contributed by atoms with Crippen LogP contribution in [-0.4, -0.2) is 6.04 Å². The van der Waals surface area contributed by atoms with Gasteiger partial charge >= 0.3 is 0 Å². The highest BCUT2D eigenvalue weighted by molar-refractivity contribution is 9.10. The van der Waals surface area contributed by atoms with E-state index in [1.807, 2.05) is 0 Å². The van der Waals surface area contributed by atoms with Crippen molar-refractivity contribution < 1.29 is 4.39 Å². The van der Waals surface area contributed by atoms with E-state index in [4.69, 9.17) is 11.6 Å². The lowest BCUT2D eigenvalue weighted by atomic mass is 10.0. The molecule has 4 heteroatoms. The molecule has 0 aromatic heterocycles. The predicted molar refractivity (Wildman–Crippen MR) is 91.7 cm³/mol. The molecule has 21 heavy (non-hydrogen) atoms. The minimum Gasteiger partial charge on any atom is -0.380 e. The topological polar surface area (TPSA) is 12.0 Å². The fourth-order valence-corrected chi connectivity index (χ4v) is 3.17. The fraction of sp³-hybridized carbons (Fsp3) is 0.294. The van der Waals surface area contributed by atoms with Gasteiger partial charge in [0.05, 0.1) is 10.7 Å². The third kappa shape index (κ3) is 4.72. The first-order chi connectivity index (χ1) is 9.95. The molecule has 0 spiro atoms. The van der Waals surface area contributed by atoms with Crippen molar-refractivity contribution in [3.05, 3.63) is 62.8 Å². The van der Waals surface area contributed by atoms with E-state index in [-0.39, 0.29) is 11.9 Å². The van der Waals surface area contributed by atoms with Gasteiger partial charge in [0, 0.05) is 10.5 Å². The van der Waals surface area contributed by atoms with Crippen molar-refractivity contribution in [2.75, 3.05) is 5.32 Å². The first-order valence-corrected chi connectivity index (χ1v) is 8.09. The van der Waals surface area contributed by atoms with Gasteiger partial charge in [-0.1, -0.05) is 41.4 Å². The number of aryl methyl sites for hydroxylation is 2. The summed E-state index contributed by atoms with van der Waals surface area (Å²) in [4.78, 5) is 0. The average Bonchev–Trinajstić information content (AvgIpc) is 2.40. The number of halogens is 3. The predicted octanol–water partition coefficient (Wildman–Crippen LogP) is 5.98. The van der Waals surface area contributed by atoms with Crippen molar-refractivity contribution in [3.8, 4) is 0 Å². The molecule has 0 saturated carbocycles. The summed E-state index contributed by atoms with van der Waals surface area (Å²) in [6.07, 6.45) is 1.97. The molecule has 2 aromatic carbocycles. The van der Waals surface area contributed by atoms with E-state index in [9.17, 15) is 4.39 Å². The Morgan fingerprint density at radius 2 is 2.05 bits per heavy atom. The lowest BCUT2D eigenvalue weighted by Crippen LogP contribution is -2.16. The Morgan fingerprint density at radius 1 is 1.29 bits per heavy atom. The van der Waals surface area contributed by atoms with Gasteiger partial charge in [0.2, 0.25) is 0 Å². The largest absolute Gasteiger partial charge is 0.380 e. The number of nitrogens with one attached hydrogen (secondary N) is 1. The lowest BCUT2D eigenvalue weighted by Gasteiger charge is -2.18. The molecule has 0 bridgehead atoms. The molecule has 1 unspecified atom stereocenters.